The quantitative estimate of drug-likeness (QED) is 0.858. The zero-order valence-electron chi connectivity index (χ0n) is 12.0. The highest BCUT2D eigenvalue weighted by Crippen LogP contribution is 2.29. The van der Waals surface area contributed by atoms with Crippen LogP contribution in [0.5, 0.6) is 0 Å². The number of nitrogens with zero attached hydrogens (tertiary/aromatic N) is 3. The predicted octanol–water partition coefficient (Wildman–Crippen LogP) is 3.41. The van der Waals surface area contributed by atoms with Crippen LogP contribution in [-0.2, 0) is 6.42 Å². The summed E-state index contributed by atoms with van der Waals surface area (Å²) in [6.45, 7) is 4.03. The van der Waals surface area contributed by atoms with E-state index >= 15 is 0 Å². The highest BCUT2D eigenvalue weighted by Gasteiger charge is 2.21. The molecule has 0 spiro atoms. The van der Waals surface area contributed by atoms with Crippen LogP contribution in [0.2, 0.25) is 0 Å². The summed E-state index contributed by atoms with van der Waals surface area (Å²) in [5, 5.41) is 8.22. The molecule has 0 aliphatic carbocycles. The van der Waals surface area contributed by atoms with Gasteiger partial charge in [-0.1, -0.05) is 42.4 Å². The van der Waals surface area contributed by atoms with Crippen LogP contribution in [0.4, 0.5) is 6.01 Å². The average Bonchev–Trinajstić information content (AvgIpc) is 2.85. The summed E-state index contributed by atoms with van der Waals surface area (Å²) in [6.07, 6.45) is 4.35. The molecular weight excluding hydrogens is 250 g/mol. The fourth-order valence-corrected chi connectivity index (χ4v) is 2.86. The summed E-state index contributed by atoms with van der Waals surface area (Å²) in [5.41, 5.74) is 1.45. The number of hydrogen-bond donors (Lipinski definition) is 0. The summed E-state index contributed by atoms with van der Waals surface area (Å²) in [7, 11) is 0. The van der Waals surface area contributed by atoms with E-state index in [-0.39, 0.29) is 0 Å². The summed E-state index contributed by atoms with van der Waals surface area (Å²) in [4.78, 5) is 2.23. The van der Waals surface area contributed by atoms with Gasteiger partial charge < -0.3 is 9.32 Å². The Morgan fingerprint density at radius 1 is 1.15 bits per heavy atom. The lowest BCUT2D eigenvalue weighted by Crippen LogP contribution is -2.24. The molecule has 0 N–H and O–H groups in total. The maximum absolute atomic E-state index is 5.67. The molecule has 1 aliphatic rings. The molecule has 1 aromatic carbocycles. The fraction of sp³-hybridized carbons (Fsp3) is 0.500. The molecule has 106 valence electrons. The minimum Gasteiger partial charge on any atom is -0.408 e. The molecule has 1 saturated heterocycles. The molecule has 4 nitrogen and oxygen atoms in total. The molecular formula is C16H21N3O. The van der Waals surface area contributed by atoms with E-state index in [9.17, 15) is 0 Å². The molecule has 2 aromatic rings. The van der Waals surface area contributed by atoms with Crippen molar-refractivity contribution >= 4 is 6.01 Å². The molecule has 0 bridgehead atoms. The number of hydrogen-bond acceptors (Lipinski definition) is 4. The third-order valence-electron chi connectivity index (χ3n) is 4.03. The van der Waals surface area contributed by atoms with Crippen molar-refractivity contribution in [1.29, 1.82) is 0 Å². The predicted molar refractivity (Wildman–Crippen MR) is 78.9 cm³/mol. The highest BCUT2D eigenvalue weighted by atomic mass is 16.4. The van der Waals surface area contributed by atoms with E-state index in [1.54, 1.807) is 0 Å². The third kappa shape index (κ3) is 2.84. The molecule has 1 aromatic heterocycles. The van der Waals surface area contributed by atoms with Crippen LogP contribution in [0.1, 0.15) is 43.6 Å². The van der Waals surface area contributed by atoms with E-state index < -0.39 is 0 Å². The van der Waals surface area contributed by atoms with Crippen LogP contribution >= 0.6 is 0 Å². The molecule has 0 unspecified atom stereocenters. The molecule has 0 saturated carbocycles. The van der Waals surface area contributed by atoms with E-state index in [1.807, 2.05) is 6.92 Å². The summed E-state index contributed by atoms with van der Waals surface area (Å²) >= 11 is 0. The number of anilines is 1. The van der Waals surface area contributed by atoms with Gasteiger partial charge in [-0.25, -0.2) is 0 Å². The van der Waals surface area contributed by atoms with E-state index in [0.29, 0.717) is 11.9 Å². The number of aryl methyl sites for hydroxylation is 1. The number of benzene rings is 1. The number of rotatable bonds is 3. The second kappa shape index (κ2) is 6.07. The van der Waals surface area contributed by atoms with Crippen LogP contribution in [0.25, 0.3) is 0 Å². The van der Waals surface area contributed by atoms with Crippen LogP contribution in [0.3, 0.4) is 0 Å². The normalized spacial score (nSPS) is 19.9. The second-order valence-corrected chi connectivity index (χ2v) is 5.36. The van der Waals surface area contributed by atoms with Crippen LogP contribution in [0, 0.1) is 0 Å². The van der Waals surface area contributed by atoms with Crippen molar-refractivity contribution in [2.45, 2.75) is 38.5 Å². The standard InChI is InChI=1S/C16H21N3O/c1-2-15-17-18-16(20-15)19-11-6-9-14(10-12-19)13-7-4-3-5-8-13/h3-5,7-8,14H,2,6,9-12H2,1H3/t14-/m0/s1. The molecule has 20 heavy (non-hydrogen) atoms. The summed E-state index contributed by atoms with van der Waals surface area (Å²) < 4.78 is 5.67. The van der Waals surface area contributed by atoms with E-state index in [1.165, 1.54) is 18.4 Å². The average molecular weight is 271 g/mol. The Morgan fingerprint density at radius 2 is 2.00 bits per heavy atom. The van der Waals surface area contributed by atoms with Crippen molar-refractivity contribution in [3.8, 4) is 0 Å². The molecule has 4 heteroatoms. The Bertz CT molecular complexity index is 538. The molecule has 3 rings (SSSR count). The van der Waals surface area contributed by atoms with Crippen molar-refractivity contribution in [1.82, 2.24) is 10.2 Å². The molecule has 0 radical (unpaired) electrons. The monoisotopic (exact) mass is 271 g/mol. The molecule has 2 heterocycles. The first-order valence-electron chi connectivity index (χ1n) is 7.49. The Balaban J connectivity index is 1.67. The topological polar surface area (TPSA) is 42.2 Å². The lowest BCUT2D eigenvalue weighted by Gasteiger charge is -2.17. The molecule has 0 amide bonds. The first-order valence-corrected chi connectivity index (χ1v) is 7.49. The first-order chi connectivity index (χ1) is 9.86. The van der Waals surface area contributed by atoms with Crippen LogP contribution in [-0.4, -0.2) is 23.3 Å². The van der Waals surface area contributed by atoms with Gasteiger partial charge in [-0.3, -0.25) is 0 Å². The maximum atomic E-state index is 5.67. The largest absolute Gasteiger partial charge is 0.408 e. The highest BCUT2D eigenvalue weighted by molar-refractivity contribution is 5.26. The van der Waals surface area contributed by atoms with E-state index in [2.05, 4.69) is 45.4 Å². The summed E-state index contributed by atoms with van der Waals surface area (Å²) in [6, 6.07) is 11.5. The maximum Gasteiger partial charge on any atom is 0.318 e. The van der Waals surface area contributed by atoms with Crippen molar-refractivity contribution < 1.29 is 4.42 Å². The first kappa shape index (κ1) is 13.2. The SMILES string of the molecule is CCc1nnc(N2CCC[C@H](c3ccccc3)CC2)o1. The zero-order chi connectivity index (χ0) is 13.8. The van der Waals surface area contributed by atoms with Gasteiger partial charge in [0.15, 0.2) is 0 Å². The Morgan fingerprint density at radius 3 is 2.75 bits per heavy atom. The van der Waals surface area contributed by atoms with Crippen molar-refractivity contribution in [2.75, 3.05) is 18.0 Å². The number of aromatic nitrogens is 2. The zero-order valence-corrected chi connectivity index (χ0v) is 12.0. The Kier molecular flexibility index (Phi) is 4.00. The minimum atomic E-state index is 0.648. The molecule has 1 aliphatic heterocycles. The van der Waals surface area contributed by atoms with Gasteiger partial charge in [0.25, 0.3) is 0 Å². The minimum absolute atomic E-state index is 0.648. The molecule has 1 atom stereocenters. The van der Waals surface area contributed by atoms with Gasteiger partial charge in [-0.15, -0.1) is 5.10 Å². The Hall–Kier alpha value is -1.84. The van der Waals surface area contributed by atoms with Crippen LogP contribution < -0.4 is 4.90 Å². The van der Waals surface area contributed by atoms with Gasteiger partial charge in [0.05, 0.1) is 0 Å². The van der Waals surface area contributed by atoms with Gasteiger partial charge in [0.1, 0.15) is 0 Å². The lowest BCUT2D eigenvalue weighted by atomic mass is 9.92. The van der Waals surface area contributed by atoms with E-state index in [4.69, 9.17) is 4.42 Å². The van der Waals surface area contributed by atoms with E-state index in [0.717, 1.165) is 31.8 Å². The van der Waals surface area contributed by atoms with Crippen molar-refractivity contribution in [2.24, 2.45) is 0 Å². The van der Waals surface area contributed by atoms with Crippen molar-refractivity contribution in [3.63, 3.8) is 0 Å². The van der Waals surface area contributed by atoms with Crippen molar-refractivity contribution in [3.05, 3.63) is 41.8 Å². The fourth-order valence-electron chi connectivity index (χ4n) is 2.86. The van der Waals surface area contributed by atoms with Gasteiger partial charge in [-0.2, -0.15) is 0 Å². The lowest BCUT2D eigenvalue weighted by molar-refractivity contribution is 0.487. The van der Waals surface area contributed by atoms with Crippen LogP contribution in [0.15, 0.2) is 34.7 Å². The smallest absolute Gasteiger partial charge is 0.318 e. The van der Waals surface area contributed by atoms with Gasteiger partial charge in [0.2, 0.25) is 5.89 Å². The second-order valence-electron chi connectivity index (χ2n) is 5.36. The molecule has 1 fully saturated rings. The third-order valence-corrected chi connectivity index (χ3v) is 4.03. The van der Waals surface area contributed by atoms with Gasteiger partial charge in [-0.05, 0) is 30.7 Å². The summed E-state index contributed by atoms with van der Waals surface area (Å²) in [5.74, 6) is 1.37. The Labute approximate surface area is 119 Å². The van der Waals surface area contributed by atoms with Gasteiger partial charge >= 0.3 is 6.01 Å². The van der Waals surface area contributed by atoms with Gasteiger partial charge in [0, 0.05) is 19.5 Å².